The van der Waals surface area contributed by atoms with Crippen molar-refractivity contribution in [3.8, 4) is 0 Å². The van der Waals surface area contributed by atoms with Crippen molar-refractivity contribution < 1.29 is 32.9 Å². The maximum absolute atomic E-state index is 13.0. The molecule has 0 saturated heterocycles. The van der Waals surface area contributed by atoms with Crippen LogP contribution in [0.3, 0.4) is 0 Å². The first-order chi connectivity index (χ1) is 39.5. The number of hydrogen-bond acceptors (Lipinski definition) is 5. The summed E-state index contributed by atoms with van der Waals surface area (Å²) in [5.41, 5.74) is 0. The summed E-state index contributed by atoms with van der Waals surface area (Å²) >= 11 is 0. The van der Waals surface area contributed by atoms with Gasteiger partial charge in [-0.1, -0.05) is 275 Å². The number of quaternary nitrogens is 1. The Morgan fingerprint density at radius 3 is 1.14 bits per heavy atom. The minimum atomic E-state index is -4.37. The van der Waals surface area contributed by atoms with E-state index in [0.29, 0.717) is 17.4 Å². The molecule has 0 saturated carbocycles. The van der Waals surface area contributed by atoms with Crippen molar-refractivity contribution in [2.24, 2.45) is 0 Å². The molecule has 9 heteroatoms. The molecule has 8 nitrogen and oxygen atoms in total. The zero-order chi connectivity index (χ0) is 59.1. The Labute approximate surface area is 499 Å². The molecule has 0 aromatic carbocycles. The molecular formula is C72H124N2O6P+. The zero-order valence-electron chi connectivity index (χ0n) is 52.7. The highest BCUT2D eigenvalue weighted by atomic mass is 31.2. The average Bonchev–Trinajstić information content (AvgIpc) is 3.43. The van der Waals surface area contributed by atoms with Gasteiger partial charge in [-0.2, -0.15) is 0 Å². The minimum absolute atomic E-state index is 0.0474. The maximum atomic E-state index is 13.0. The smallest absolute Gasteiger partial charge is 0.387 e. The van der Waals surface area contributed by atoms with E-state index in [1.54, 1.807) is 6.08 Å². The van der Waals surface area contributed by atoms with Crippen LogP contribution in [0.4, 0.5) is 0 Å². The molecule has 0 radical (unpaired) electrons. The molecule has 0 heterocycles. The number of aliphatic hydroxyl groups is 1. The Hall–Kier alpha value is -3.62. The molecule has 81 heavy (non-hydrogen) atoms. The molecule has 3 unspecified atom stereocenters. The molecule has 0 aromatic heterocycles. The molecule has 3 atom stereocenters. The number of carbonyl (C=O) groups excluding carboxylic acids is 1. The van der Waals surface area contributed by atoms with Crippen LogP contribution in [0, 0.1) is 0 Å². The molecule has 0 rings (SSSR count). The van der Waals surface area contributed by atoms with E-state index in [2.05, 4.69) is 153 Å². The van der Waals surface area contributed by atoms with Crippen LogP contribution in [-0.2, 0) is 18.4 Å². The maximum Gasteiger partial charge on any atom is 0.472 e. The first-order valence-electron chi connectivity index (χ1n) is 32.7. The normalized spacial score (nSPS) is 14.7. The van der Waals surface area contributed by atoms with Gasteiger partial charge in [-0.05, 0) is 116 Å². The highest BCUT2D eigenvalue weighted by Gasteiger charge is 2.27. The number of nitrogens with one attached hydrogen (secondary N) is 1. The largest absolute Gasteiger partial charge is 0.472 e. The van der Waals surface area contributed by atoms with E-state index in [1.165, 1.54) is 128 Å². The predicted octanol–water partition coefficient (Wildman–Crippen LogP) is 20.8. The van der Waals surface area contributed by atoms with E-state index >= 15 is 0 Å². The van der Waals surface area contributed by atoms with Gasteiger partial charge in [-0.3, -0.25) is 13.8 Å². The average molecular weight is 1140 g/mol. The molecule has 0 bridgehead atoms. The fourth-order valence-corrected chi connectivity index (χ4v) is 9.45. The molecule has 462 valence electrons. The Morgan fingerprint density at radius 1 is 0.432 bits per heavy atom. The second kappa shape index (κ2) is 61.0. The number of likely N-dealkylation sites (N-methyl/N-ethyl adjacent to an activating group) is 1. The Balaban J connectivity index is 4.11. The summed E-state index contributed by atoms with van der Waals surface area (Å²) in [7, 11) is 1.53. The molecule has 0 fully saturated rings. The third-order valence-electron chi connectivity index (χ3n) is 13.8. The summed E-state index contributed by atoms with van der Waals surface area (Å²) in [6.07, 6.45) is 94.0. The van der Waals surface area contributed by atoms with Gasteiger partial charge >= 0.3 is 7.82 Å². The van der Waals surface area contributed by atoms with Crippen molar-refractivity contribution in [1.29, 1.82) is 0 Å². The number of amides is 1. The van der Waals surface area contributed by atoms with Crippen molar-refractivity contribution in [3.05, 3.63) is 146 Å². The Morgan fingerprint density at radius 2 is 0.753 bits per heavy atom. The van der Waals surface area contributed by atoms with E-state index in [-0.39, 0.29) is 19.1 Å². The third kappa shape index (κ3) is 63.8. The van der Waals surface area contributed by atoms with Crippen LogP contribution in [-0.4, -0.2) is 73.4 Å². The van der Waals surface area contributed by atoms with Gasteiger partial charge in [0, 0.05) is 6.42 Å². The number of phosphoric acid groups is 1. The fraction of sp³-hybridized carbons (Fsp3) is 0.653. The SMILES string of the molecule is CC/C=C\C/C=C\C/C=C\C/C=C\C/C=C\C/C=C\C/C=C\C/C=C\C/C=C\CCCCCCCCCCCCCCCC(=O)NC(COP(=O)(O)OCC[N+](C)(C)C)C(O)/C=C/CC/C=C/CC/C=C/CCCCCCCCCC. The van der Waals surface area contributed by atoms with Gasteiger partial charge in [-0.25, -0.2) is 4.57 Å². The second-order valence-electron chi connectivity index (χ2n) is 22.7. The van der Waals surface area contributed by atoms with E-state index in [9.17, 15) is 19.4 Å². The van der Waals surface area contributed by atoms with E-state index in [1.807, 2.05) is 27.2 Å². The van der Waals surface area contributed by atoms with Crippen LogP contribution < -0.4 is 5.32 Å². The van der Waals surface area contributed by atoms with Crippen LogP contribution in [0.5, 0.6) is 0 Å². The molecule has 0 aliphatic rings. The fourth-order valence-electron chi connectivity index (χ4n) is 8.71. The summed E-state index contributed by atoms with van der Waals surface area (Å²) < 4.78 is 23.7. The number of carbonyl (C=O) groups is 1. The summed E-state index contributed by atoms with van der Waals surface area (Å²) in [5, 5.41) is 13.9. The molecule has 1 amide bonds. The quantitative estimate of drug-likeness (QED) is 0.0243. The number of nitrogens with zero attached hydrogens (tertiary/aromatic N) is 1. The number of phosphoric ester groups is 1. The summed E-state index contributed by atoms with van der Waals surface area (Å²) in [5.74, 6) is -0.197. The number of rotatable bonds is 58. The van der Waals surface area contributed by atoms with Gasteiger partial charge in [0.05, 0.1) is 39.9 Å². The monoisotopic (exact) mass is 1140 g/mol. The molecule has 3 N–H and O–H groups in total. The van der Waals surface area contributed by atoms with Gasteiger partial charge in [0.15, 0.2) is 0 Å². The van der Waals surface area contributed by atoms with Crippen molar-refractivity contribution >= 4 is 13.7 Å². The Bertz CT molecular complexity index is 1830. The van der Waals surface area contributed by atoms with Crippen LogP contribution in [0.15, 0.2) is 146 Å². The molecule has 0 spiro atoms. The standard InChI is InChI=1S/C72H123N2O6P/c1-6-8-10-12-14-16-18-20-22-24-26-27-28-29-30-31-32-33-34-35-36-37-38-39-40-41-42-43-44-45-46-47-48-50-52-54-56-58-60-62-64-66-72(76)73-70(69-80-81(77,78)79-68-67-74(3,4)5)71(75)65-63-61-59-57-55-53-51-49-25-23-21-19-17-15-13-11-9-7-2/h8,10,14,16,20,22,25-27,29-30,32-33,35-36,38-39,41-42,49,55,57,63,65,70-71,75H,6-7,9,11-13,15,17-19,21,23-24,28,31,34,37,40,43-48,50-54,56,58-62,64,66-69H2,1-5H3,(H-,73,76,77,78)/p+1/b10-8-,16-14-,22-20-,27-26-,30-29-,33-32-,36-35-,39-38-,42-41-,49-25+,57-55+,65-63+. The van der Waals surface area contributed by atoms with Crippen LogP contribution >= 0.6 is 7.82 Å². The van der Waals surface area contributed by atoms with E-state index in [4.69, 9.17) is 9.05 Å². The number of hydrogen-bond donors (Lipinski definition) is 3. The van der Waals surface area contributed by atoms with E-state index < -0.39 is 20.0 Å². The first kappa shape index (κ1) is 77.4. The second-order valence-corrected chi connectivity index (χ2v) is 24.2. The number of aliphatic hydroxyl groups excluding tert-OH is 1. The Kier molecular flexibility index (Phi) is 58.2. The van der Waals surface area contributed by atoms with Crippen molar-refractivity contribution in [1.82, 2.24) is 5.32 Å². The lowest BCUT2D eigenvalue weighted by Crippen LogP contribution is -2.45. The lowest BCUT2D eigenvalue weighted by Gasteiger charge is -2.25. The van der Waals surface area contributed by atoms with Gasteiger partial charge in [0.2, 0.25) is 5.91 Å². The summed E-state index contributed by atoms with van der Waals surface area (Å²) in [4.78, 5) is 23.3. The minimum Gasteiger partial charge on any atom is -0.387 e. The summed E-state index contributed by atoms with van der Waals surface area (Å²) in [6.45, 7) is 4.66. The van der Waals surface area contributed by atoms with Crippen molar-refractivity contribution in [2.45, 2.75) is 264 Å². The first-order valence-corrected chi connectivity index (χ1v) is 34.2. The van der Waals surface area contributed by atoms with Gasteiger partial charge < -0.3 is 19.8 Å². The van der Waals surface area contributed by atoms with Gasteiger partial charge in [0.25, 0.3) is 0 Å². The van der Waals surface area contributed by atoms with Crippen molar-refractivity contribution in [3.63, 3.8) is 0 Å². The topological polar surface area (TPSA) is 105 Å². The third-order valence-corrected chi connectivity index (χ3v) is 14.8. The van der Waals surface area contributed by atoms with Gasteiger partial charge in [-0.15, -0.1) is 0 Å². The number of unbranched alkanes of at least 4 members (excludes halogenated alkanes) is 23. The van der Waals surface area contributed by atoms with Crippen LogP contribution in [0.1, 0.15) is 251 Å². The summed E-state index contributed by atoms with van der Waals surface area (Å²) in [6, 6.07) is -0.880. The number of allylic oxidation sites excluding steroid dienone is 23. The van der Waals surface area contributed by atoms with Gasteiger partial charge in [0.1, 0.15) is 13.2 Å². The predicted molar refractivity (Wildman–Crippen MR) is 354 cm³/mol. The molecule has 0 aliphatic carbocycles. The molecular weight excluding hydrogens is 1020 g/mol. The molecule has 0 aliphatic heterocycles. The van der Waals surface area contributed by atoms with E-state index in [0.717, 1.165) is 103 Å². The highest BCUT2D eigenvalue weighted by Crippen LogP contribution is 2.43. The lowest BCUT2D eigenvalue weighted by molar-refractivity contribution is -0.870. The van der Waals surface area contributed by atoms with Crippen LogP contribution in [0.2, 0.25) is 0 Å². The van der Waals surface area contributed by atoms with Crippen LogP contribution in [0.25, 0.3) is 0 Å². The zero-order valence-corrected chi connectivity index (χ0v) is 53.6. The highest BCUT2D eigenvalue weighted by molar-refractivity contribution is 7.47. The van der Waals surface area contributed by atoms with Crippen molar-refractivity contribution in [2.75, 3.05) is 40.9 Å². The lowest BCUT2D eigenvalue weighted by atomic mass is 10.0. The molecule has 0 aromatic rings.